The van der Waals surface area contributed by atoms with Gasteiger partial charge in [-0.3, -0.25) is 23.6 Å². The SMILES string of the molecule is CC.CNC(=O)CCC(C=O)n1c(=O)n(C)c2cc(C3CCN(CC(=O)O)CC3)ccc21. The minimum atomic E-state index is -0.813. The number of piperidine rings is 1. The van der Waals surface area contributed by atoms with Crippen LogP contribution in [0, 0.1) is 0 Å². The highest BCUT2D eigenvalue weighted by Gasteiger charge is 2.24. The second-order valence-corrected chi connectivity index (χ2v) is 7.82. The zero-order chi connectivity index (χ0) is 23.8. The molecule has 0 radical (unpaired) electrons. The van der Waals surface area contributed by atoms with Gasteiger partial charge in [-0.25, -0.2) is 4.79 Å². The summed E-state index contributed by atoms with van der Waals surface area (Å²) in [6, 6.07) is 5.14. The smallest absolute Gasteiger partial charge is 0.329 e. The highest BCUT2D eigenvalue weighted by molar-refractivity contribution is 5.79. The number of carbonyl (C=O) groups excluding carboxylic acids is 2. The second-order valence-electron chi connectivity index (χ2n) is 7.82. The van der Waals surface area contributed by atoms with Gasteiger partial charge in [-0.1, -0.05) is 19.9 Å². The zero-order valence-electron chi connectivity index (χ0n) is 19.3. The molecule has 0 bridgehead atoms. The van der Waals surface area contributed by atoms with E-state index < -0.39 is 12.0 Å². The van der Waals surface area contributed by atoms with Crippen LogP contribution in [0.5, 0.6) is 0 Å². The molecule has 2 heterocycles. The molecule has 1 atom stereocenters. The van der Waals surface area contributed by atoms with Gasteiger partial charge in [0.05, 0.1) is 23.6 Å². The maximum absolute atomic E-state index is 12.8. The summed E-state index contributed by atoms with van der Waals surface area (Å²) in [5.41, 5.74) is 2.24. The van der Waals surface area contributed by atoms with Crippen molar-refractivity contribution in [1.29, 1.82) is 0 Å². The van der Waals surface area contributed by atoms with Gasteiger partial charge in [0.1, 0.15) is 6.29 Å². The quantitative estimate of drug-likeness (QED) is 0.599. The molecule has 1 aliphatic heterocycles. The standard InChI is InChI=1S/C21H28N4O5.C2H6/c1-22-19(27)6-4-16(13-26)25-17-5-3-15(11-18(17)23(2)21(25)30)14-7-9-24(10-8-14)12-20(28)29;1-2/h3,5,11,13-14,16H,4,6-10,12H2,1-2H3,(H,22,27)(H,28,29);1-2H3. The predicted molar refractivity (Wildman–Crippen MR) is 123 cm³/mol. The first-order chi connectivity index (χ1) is 15.3. The lowest BCUT2D eigenvalue weighted by Gasteiger charge is -2.31. The lowest BCUT2D eigenvalue weighted by molar-refractivity contribution is -0.138. The van der Waals surface area contributed by atoms with Crippen molar-refractivity contribution >= 4 is 29.2 Å². The molecule has 0 spiro atoms. The number of aryl methyl sites for hydroxylation is 1. The fraction of sp³-hybridized carbons (Fsp3) is 0.565. The number of amides is 1. The Balaban J connectivity index is 0.00000176. The molecule has 32 heavy (non-hydrogen) atoms. The number of rotatable bonds is 8. The number of carboxylic acid groups (broad SMARTS) is 1. The van der Waals surface area contributed by atoms with Crippen molar-refractivity contribution < 1.29 is 19.5 Å². The number of hydrogen-bond acceptors (Lipinski definition) is 5. The monoisotopic (exact) mass is 446 g/mol. The first-order valence-corrected chi connectivity index (χ1v) is 11.2. The molecule has 1 amide bonds. The average Bonchev–Trinajstić information content (AvgIpc) is 3.05. The van der Waals surface area contributed by atoms with E-state index in [1.54, 1.807) is 7.05 Å². The molecule has 9 heteroatoms. The maximum Gasteiger partial charge on any atom is 0.329 e. The van der Waals surface area contributed by atoms with Crippen LogP contribution in [0.15, 0.2) is 23.0 Å². The van der Waals surface area contributed by atoms with Crippen LogP contribution in [0.2, 0.25) is 0 Å². The minimum absolute atomic E-state index is 0.0618. The number of imidazole rings is 1. The third-order valence-corrected chi connectivity index (χ3v) is 5.97. The Morgan fingerprint density at radius 2 is 1.88 bits per heavy atom. The molecule has 1 saturated heterocycles. The van der Waals surface area contributed by atoms with Crippen LogP contribution in [0.25, 0.3) is 11.0 Å². The van der Waals surface area contributed by atoms with E-state index in [4.69, 9.17) is 5.11 Å². The maximum atomic E-state index is 12.8. The summed E-state index contributed by atoms with van der Waals surface area (Å²) in [5.74, 6) is -0.688. The van der Waals surface area contributed by atoms with Crippen molar-refractivity contribution in [2.24, 2.45) is 7.05 Å². The van der Waals surface area contributed by atoms with Crippen molar-refractivity contribution in [2.75, 3.05) is 26.7 Å². The van der Waals surface area contributed by atoms with E-state index in [1.165, 1.54) is 16.2 Å². The minimum Gasteiger partial charge on any atom is -0.480 e. The highest BCUT2D eigenvalue weighted by Crippen LogP contribution is 2.30. The summed E-state index contributed by atoms with van der Waals surface area (Å²) >= 11 is 0. The van der Waals surface area contributed by atoms with Gasteiger partial charge >= 0.3 is 11.7 Å². The Hall–Kier alpha value is -2.94. The summed E-state index contributed by atoms with van der Waals surface area (Å²) in [7, 11) is 3.22. The molecule has 1 aromatic carbocycles. The number of hydrogen-bond donors (Lipinski definition) is 2. The van der Waals surface area contributed by atoms with Crippen molar-refractivity contribution in [3.05, 3.63) is 34.2 Å². The van der Waals surface area contributed by atoms with E-state index in [-0.39, 0.29) is 31.0 Å². The van der Waals surface area contributed by atoms with Gasteiger partial charge in [0.25, 0.3) is 0 Å². The largest absolute Gasteiger partial charge is 0.480 e. The van der Waals surface area contributed by atoms with E-state index in [0.717, 1.165) is 43.3 Å². The van der Waals surface area contributed by atoms with Crippen LogP contribution >= 0.6 is 0 Å². The molecule has 1 aliphatic rings. The van der Waals surface area contributed by atoms with Crippen molar-refractivity contribution in [3.8, 4) is 0 Å². The third kappa shape index (κ3) is 5.64. The third-order valence-electron chi connectivity index (χ3n) is 5.97. The predicted octanol–water partition coefficient (Wildman–Crippen LogP) is 1.90. The van der Waals surface area contributed by atoms with Crippen LogP contribution in [-0.4, -0.2) is 64.0 Å². The number of aromatic nitrogens is 2. The van der Waals surface area contributed by atoms with Crippen molar-refractivity contribution in [3.63, 3.8) is 0 Å². The number of fused-ring (bicyclic) bond motifs is 1. The molecule has 1 aromatic heterocycles. The molecular weight excluding hydrogens is 412 g/mol. The van der Waals surface area contributed by atoms with Crippen LogP contribution in [0.4, 0.5) is 0 Å². The Labute approximate surface area is 188 Å². The van der Waals surface area contributed by atoms with Crippen LogP contribution in [0.3, 0.4) is 0 Å². The number of likely N-dealkylation sites (tertiary alicyclic amines) is 1. The van der Waals surface area contributed by atoms with E-state index >= 15 is 0 Å². The topological polar surface area (TPSA) is 114 Å². The highest BCUT2D eigenvalue weighted by atomic mass is 16.4. The normalized spacial score (nSPS) is 15.6. The summed E-state index contributed by atoms with van der Waals surface area (Å²) in [6.07, 6.45) is 2.85. The number of nitrogens with one attached hydrogen (secondary N) is 1. The van der Waals surface area contributed by atoms with Gasteiger partial charge in [0.15, 0.2) is 0 Å². The van der Waals surface area contributed by atoms with Gasteiger partial charge in [-0.15, -0.1) is 0 Å². The number of aliphatic carboxylic acids is 1. The molecular formula is C23H34N4O5. The van der Waals surface area contributed by atoms with Crippen LogP contribution < -0.4 is 11.0 Å². The Kier molecular flexibility index (Phi) is 9.19. The van der Waals surface area contributed by atoms with E-state index in [2.05, 4.69) is 5.32 Å². The second kappa shape index (κ2) is 11.6. The van der Waals surface area contributed by atoms with Gasteiger partial charge in [-0.2, -0.15) is 0 Å². The number of carboxylic acids is 1. The zero-order valence-corrected chi connectivity index (χ0v) is 19.3. The summed E-state index contributed by atoms with van der Waals surface area (Å²) in [6.45, 7) is 5.51. The van der Waals surface area contributed by atoms with E-state index in [0.29, 0.717) is 11.4 Å². The van der Waals surface area contributed by atoms with Crippen LogP contribution in [0.1, 0.15) is 57.1 Å². The number of nitrogens with zero attached hydrogens (tertiary/aromatic N) is 3. The van der Waals surface area contributed by atoms with Crippen molar-refractivity contribution in [1.82, 2.24) is 19.4 Å². The molecule has 176 valence electrons. The summed E-state index contributed by atoms with van der Waals surface area (Å²) in [4.78, 5) is 48.9. The Morgan fingerprint density at radius 1 is 1.22 bits per heavy atom. The van der Waals surface area contributed by atoms with E-state index in [9.17, 15) is 19.2 Å². The van der Waals surface area contributed by atoms with E-state index in [1.807, 2.05) is 36.9 Å². The molecule has 2 aromatic rings. The molecule has 1 fully saturated rings. The molecule has 0 aliphatic carbocycles. The average molecular weight is 447 g/mol. The van der Waals surface area contributed by atoms with Gasteiger partial charge in [-0.05, 0) is 56.0 Å². The fourth-order valence-corrected chi connectivity index (χ4v) is 4.23. The fourth-order valence-electron chi connectivity index (χ4n) is 4.23. The summed E-state index contributed by atoms with van der Waals surface area (Å²) in [5, 5.41) is 11.5. The Bertz CT molecular complexity index is 1000. The molecule has 9 nitrogen and oxygen atoms in total. The first-order valence-electron chi connectivity index (χ1n) is 11.2. The van der Waals surface area contributed by atoms with Crippen LogP contribution in [-0.2, 0) is 21.4 Å². The molecule has 0 saturated carbocycles. The Morgan fingerprint density at radius 3 is 2.44 bits per heavy atom. The molecule has 2 N–H and O–H groups in total. The number of carbonyl (C=O) groups is 3. The summed E-state index contributed by atoms with van der Waals surface area (Å²) < 4.78 is 3.00. The molecule has 3 rings (SSSR count). The lowest BCUT2D eigenvalue weighted by Crippen LogP contribution is -2.36. The first kappa shape index (κ1) is 25.3. The molecule has 1 unspecified atom stereocenters. The lowest BCUT2D eigenvalue weighted by atomic mass is 9.89. The van der Waals surface area contributed by atoms with Gasteiger partial charge in [0.2, 0.25) is 5.91 Å². The van der Waals surface area contributed by atoms with Gasteiger partial charge in [0, 0.05) is 20.5 Å². The van der Waals surface area contributed by atoms with Crippen molar-refractivity contribution in [2.45, 2.75) is 51.5 Å². The van der Waals surface area contributed by atoms with Gasteiger partial charge < -0.3 is 15.2 Å². The number of benzene rings is 1. The number of aldehydes is 1.